The second-order valence-corrected chi connectivity index (χ2v) is 8.44. The van der Waals surface area contributed by atoms with Crippen LogP contribution >= 0.6 is 12.6 Å². The molecule has 1 heterocycles. The van der Waals surface area contributed by atoms with Crippen LogP contribution in [0.2, 0.25) is 0 Å². The lowest BCUT2D eigenvalue weighted by atomic mass is 10.2. The molecular weight excluding hydrogens is 422 g/mol. The average molecular weight is 456 g/mol. The van der Waals surface area contributed by atoms with E-state index in [0.29, 0.717) is 46.6 Å². The molecule has 1 atom stereocenters. The molecule has 0 bridgehead atoms. The summed E-state index contributed by atoms with van der Waals surface area (Å²) in [5.41, 5.74) is 1.13. The van der Waals surface area contributed by atoms with Gasteiger partial charge in [-0.05, 0) is 63.6 Å². The number of nitrogens with zero attached hydrogens (tertiary/aromatic N) is 3. The average Bonchev–Trinajstić information content (AvgIpc) is 2.79. The monoisotopic (exact) mass is 455 g/mol. The predicted octanol–water partition coefficient (Wildman–Crippen LogP) is 4.88. The summed E-state index contributed by atoms with van der Waals surface area (Å²) in [4.78, 5) is 21.0. The van der Waals surface area contributed by atoms with Crippen molar-refractivity contribution in [1.82, 2.24) is 14.5 Å². The number of rotatable bonds is 10. The molecule has 0 radical (unpaired) electrons. The Labute approximate surface area is 195 Å². The Bertz CT molecular complexity index is 1130. The van der Waals surface area contributed by atoms with Crippen LogP contribution in [-0.4, -0.2) is 47.3 Å². The van der Waals surface area contributed by atoms with Crippen molar-refractivity contribution in [2.45, 2.75) is 51.5 Å². The number of benzene rings is 2. The van der Waals surface area contributed by atoms with Crippen molar-refractivity contribution in [3.63, 3.8) is 0 Å². The van der Waals surface area contributed by atoms with Crippen molar-refractivity contribution in [3.8, 4) is 17.2 Å². The Morgan fingerprint density at radius 3 is 2.66 bits per heavy atom. The Hall–Kier alpha value is -2.51. The zero-order chi connectivity index (χ0) is 23.3. The summed E-state index contributed by atoms with van der Waals surface area (Å²) in [5, 5.41) is 0.521. The number of hydrogen-bond acceptors (Lipinski definition) is 6. The molecule has 0 aliphatic rings. The third-order valence-corrected chi connectivity index (χ3v) is 6.17. The summed E-state index contributed by atoms with van der Waals surface area (Å²) in [6.07, 6.45) is 2.09. The summed E-state index contributed by atoms with van der Waals surface area (Å²) in [6, 6.07) is 11.5. The van der Waals surface area contributed by atoms with Crippen LogP contribution < -0.4 is 15.0 Å². The van der Waals surface area contributed by atoms with Gasteiger partial charge in [0.05, 0.1) is 30.3 Å². The quantitative estimate of drug-likeness (QED) is 0.349. The van der Waals surface area contributed by atoms with E-state index in [1.807, 2.05) is 37.3 Å². The highest BCUT2D eigenvalue weighted by molar-refractivity contribution is 7.80. The van der Waals surface area contributed by atoms with Gasteiger partial charge in [0.1, 0.15) is 17.3 Å². The smallest absolute Gasteiger partial charge is 0.266 e. The summed E-state index contributed by atoms with van der Waals surface area (Å²) in [5.74, 6) is 1.87. The SMILES string of the molecule is CC[C@H](C)N(CC)CCCOc1ccc(-n2c(C)nc3ccc(S)cc3c2=O)c(OC)c1. The van der Waals surface area contributed by atoms with Gasteiger partial charge in [0.25, 0.3) is 5.56 Å². The van der Waals surface area contributed by atoms with Crippen molar-refractivity contribution >= 4 is 23.5 Å². The molecule has 0 amide bonds. The van der Waals surface area contributed by atoms with Crippen LogP contribution in [0.5, 0.6) is 11.5 Å². The van der Waals surface area contributed by atoms with Gasteiger partial charge >= 0.3 is 0 Å². The van der Waals surface area contributed by atoms with E-state index >= 15 is 0 Å². The first-order valence-corrected chi connectivity index (χ1v) is 11.6. The van der Waals surface area contributed by atoms with Crippen molar-refractivity contribution in [2.75, 3.05) is 26.8 Å². The number of fused-ring (bicyclic) bond motifs is 1. The normalized spacial score (nSPS) is 12.3. The lowest BCUT2D eigenvalue weighted by Crippen LogP contribution is -2.33. The highest BCUT2D eigenvalue weighted by atomic mass is 32.1. The zero-order valence-corrected chi connectivity index (χ0v) is 20.5. The van der Waals surface area contributed by atoms with Crippen LogP contribution in [0, 0.1) is 6.92 Å². The van der Waals surface area contributed by atoms with E-state index in [2.05, 4.69) is 43.3 Å². The second kappa shape index (κ2) is 10.9. The van der Waals surface area contributed by atoms with Gasteiger partial charge in [-0.15, -0.1) is 12.6 Å². The fourth-order valence-electron chi connectivity index (χ4n) is 3.91. The maximum absolute atomic E-state index is 13.2. The lowest BCUT2D eigenvalue weighted by molar-refractivity contribution is 0.193. The fourth-order valence-corrected chi connectivity index (χ4v) is 4.11. The molecule has 3 rings (SSSR count). The van der Waals surface area contributed by atoms with Crippen LogP contribution in [0.15, 0.2) is 46.1 Å². The summed E-state index contributed by atoms with van der Waals surface area (Å²) in [7, 11) is 1.59. The van der Waals surface area contributed by atoms with Crippen molar-refractivity contribution in [2.24, 2.45) is 0 Å². The maximum atomic E-state index is 13.2. The van der Waals surface area contributed by atoms with E-state index in [1.165, 1.54) is 0 Å². The molecule has 0 fully saturated rings. The highest BCUT2D eigenvalue weighted by Crippen LogP contribution is 2.28. The van der Waals surface area contributed by atoms with Gasteiger partial charge < -0.3 is 14.4 Å². The Morgan fingerprint density at radius 2 is 1.97 bits per heavy atom. The molecule has 6 nitrogen and oxygen atoms in total. The minimum absolute atomic E-state index is 0.153. The molecule has 1 aromatic heterocycles. The third-order valence-electron chi connectivity index (χ3n) is 5.89. The molecule has 32 heavy (non-hydrogen) atoms. The van der Waals surface area contributed by atoms with E-state index in [1.54, 1.807) is 17.7 Å². The third kappa shape index (κ3) is 5.27. The number of hydrogen-bond donors (Lipinski definition) is 1. The number of aryl methyl sites for hydroxylation is 1. The van der Waals surface area contributed by atoms with E-state index in [9.17, 15) is 4.79 Å². The Balaban J connectivity index is 1.81. The first-order chi connectivity index (χ1) is 15.4. The van der Waals surface area contributed by atoms with Crippen LogP contribution in [0.25, 0.3) is 16.6 Å². The van der Waals surface area contributed by atoms with E-state index in [4.69, 9.17) is 9.47 Å². The molecule has 0 saturated heterocycles. The molecule has 0 unspecified atom stereocenters. The number of methoxy groups -OCH3 is 1. The molecule has 3 aromatic rings. The van der Waals surface area contributed by atoms with Gasteiger partial charge in [-0.25, -0.2) is 4.98 Å². The van der Waals surface area contributed by atoms with Gasteiger partial charge in [0.2, 0.25) is 0 Å². The number of aromatic nitrogens is 2. The Morgan fingerprint density at radius 1 is 1.19 bits per heavy atom. The van der Waals surface area contributed by atoms with Gasteiger partial charge in [-0.3, -0.25) is 9.36 Å². The van der Waals surface area contributed by atoms with Crippen LogP contribution in [-0.2, 0) is 0 Å². The van der Waals surface area contributed by atoms with Crippen molar-refractivity contribution in [3.05, 3.63) is 52.6 Å². The van der Waals surface area contributed by atoms with Crippen LogP contribution in [0.4, 0.5) is 0 Å². The molecule has 0 aliphatic heterocycles. The standard InChI is InChI=1S/C25H33N3O3S/c1-6-17(3)27(7-2)13-8-14-31-19-9-12-23(24(15-19)30-5)28-18(4)26-22-11-10-20(32)16-21(22)25(28)29/h9-12,15-17,32H,6-8,13-14H2,1-5H3/t17-/m0/s1. The molecule has 0 spiro atoms. The number of thiol groups is 1. The fraction of sp³-hybridized carbons (Fsp3) is 0.440. The predicted molar refractivity (Wildman–Crippen MR) is 133 cm³/mol. The van der Waals surface area contributed by atoms with E-state index in [-0.39, 0.29) is 5.56 Å². The molecule has 7 heteroatoms. The largest absolute Gasteiger partial charge is 0.494 e. The summed E-state index contributed by atoms with van der Waals surface area (Å²) < 4.78 is 13.2. The molecule has 0 N–H and O–H groups in total. The Kier molecular flexibility index (Phi) is 8.21. The minimum Gasteiger partial charge on any atom is -0.494 e. The van der Waals surface area contributed by atoms with Crippen LogP contribution in [0.1, 0.15) is 39.4 Å². The second-order valence-electron chi connectivity index (χ2n) is 7.92. The zero-order valence-electron chi connectivity index (χ0n) is 19.6. The van der Waals surface area contributed by atoms with Gasteiger partial charge in [-0.2, -0.15) is 0 Å². The highest BCUT2D eigenvalue weighted by Gasteiger charge is 2.15. The van der Waals surface area contributed by atoms with Crippen LogP contribution in [0.3, 0.4) is 0 Å². The minimum atomic E-state index is -0.153. The summed E-state index contributed by atoms with van der Waals surface area (Å²) >= 11 is 4.36. The molecule has 2 aromatic carbocycles. The molecule has 0 aliphatic carbocycles. The molecular formula is C25H33N3O3S. The summed E-state index contributed by atoms with van der Waals surface area (Å²) in [6.45, 7) is 11.2. The van der Waals surface area contributed by atoms with Crippen molar-refractivity contribution in [1.29, 1.82) is 0 Å². The first-order valence-electron chi connectivity index (χ1n) is 11.2. The number of ether oxygens (including phenoxy) is 2. The first kappa shape index (κ1) is 24.1. The topological polar surface area (TPSA) is 56.6 Å². The van der Waals surface area contributed by atoms with Gasteiger partial charge in [0, 0.05) is 23.5 Å². The molecule has 0 saturated carbocycles. The van der Waals surface area contributed by atoms with E-state index in [0.717, 1.165) is 30.8 Å². The molecule has 172 valence electrons. The van der Waals surface area contributed by atoms with Crippen molar-refractivity contribution < 1.29 is 9.47 Å². The van der Waals surface area contributed by atoms with E-state index < -0.39 is 0 Å². The van der Waals surface area contributed by atoms with Gasteiger partial charge in [0.15, 0.2) is 0 Å². The van der Waals surface area contributed by atoms with Gasteiger partial charge in [-0.1, -0.05) is 13.8 Å². The maximum Gasteiger partial charge on any atom is 0.266 e. The lowest BCUT2D eigenvalue weighted by Gasteiger charge is -2.26.